The number of nitrogens with zero attached hydrogens (tertiary/aromatic N) is 9. The molecule has 6 saturated heterocycles. The van der Waals surface area contributed by atoms with Gasteiger partial charge in [0.25, 0.3) is 0 Å². The predicted octanol–water partition coefficient (Wildman–Crippen LogP) is 5.04. The minimum Gasteiger partial charge on any atom is -0.381 e. The lowest BCUT2D eigenvalue weighted by Crippen LogP contribution is -2.49. The molecule has 0 radical (unpaired) electrons. The lowest BCUT2D eigenvalue weighted by Gasteiger charge is -2.35. The largest absolute Gasteiger partial charge is 0.417 e. The first-order chi connectivity index (χ1) is 34.8. The summed E-state index contributed by atoms with van der Waals surface area (Å²) in [6.07, 6.45) is -5.69. The molecule has 10 rings (SSSR count). The van der Waals surface area contributed by atoms with Gasteiger partial charge in [-0.25, -0.2) is 9.59 Å². The van der Waals surface area contributed by atoms with Crippen molar-refractivity contribution in [1.82, 2.24) is 39.6 Å². The van der Waals surface area contributed by atoms with Crippen molar-refractivity contribution in [3.05, 3.63) is 83.2 Å². The summed E-state index contributed by atoms with van der Waals surface area (Å²) in [5, 5.41) is 16.3. The van der Waals surface area contributed by atoms with Crippen molar-refractivity contribution in [2.75, 3.05) is 125 Å². The standard InChI is InChI=1S/C24H29F3N6O3.C14H14F3NO2.C10H15N5O2/c1-16(34)28-22-4-5-33(29-22)23(35)31-8-6-30(7-9-31)11-17-2-3-20(10-21(17)24(25,26)27)32-12-18-14-36-15-19(18)13-32;15-14(16,17)13-3-12(2-1-9(13)6-19)18-4-10-7-20-8-11(10)5-18;1-8(16)12-9-2-5-15(13-9)10(17)14-6-3-11-4-7-14/h2-5,10,18-19H,6-9,11-15H2,1H3,(H,28,29,34);1-3,6,10-11H,4-5,7-8H2;2,5,11H,3-4,6-7H2,1H3,(H,12,13,16). The van der Waals surface area contributed by atoms with E-state index in [1.54, 1.807) is 40.3 Å². The summed E-state index contributed by atoms with van der Waals surface area (Å²) in [7, 11) is 0. The highest BCUT2D eigenvalue weighted by atomic mass is 19.4. The number of benzene rings is 2. The lowest BCUT2D eigenvalue weighted by atomic mass is 10.0. The number of nitrogens with one attached hydrogen (secondary N) is 3. The van der Waals surface area contributed by atoms with Crippen molar-refractivity contribution in [3.8, 4) is 0 Å². The summed E-state index contributed by atoms with van der Waals surface area (Å²) < 4.78 is 94.0. The monoisotopic (exact) mass is 1030 g/mol. The van der Waals surface area contributed by atoms with Gasteiger partial charge in [0, 0.05) is 164 Å². The van der Waals surface area contributed by atoms with E-state index in [1.165, 1.54) is 42.9 Å². The molecule has 6 aliphatic heterocycles. The van der Waals surface area contributed by atoms with Crippen LogP contribution in [0.5, 0.6) is 0 Å². The molecule has 0 saturated carbocycles. The highest BCUT2D eigenvalue weighted by Crippen LogP contribution is 2.40. The van der Waals surface area contributed by atoms with Crippen LogP contribution in [0.4, 0.5) is 58.9 Å². The van der Waals surface area contributed by atoms with E-state index in [4.69, 9.17) is 9.47 Å². The Labute approximate surface area is 416 Å². The number of ether oxygens (including phenoxy) is 2. The number of alkyl halides is 6. The maximum absolute atomic E-state index is 14.0. The van der Waals surface area contributed by atoms with Crippen LogP contribution in [0.15, 0.2) is 60.9 Å². The van der Waals surface area contributed by atoms with E-state index in [1.807, 2.05) is 14.7 Å². The molecule has 394 valence electrons. The number of amides is 4. The van der Waals surface area contributed by atoms with Crippen molar-refractivity contribution in [2.24, 2.45) is 23.7 Å². The second kappa shape index (κ2) is 22.7. The van der Waals surface area contributed by atoms with Crippen LogP contribution >= 0.6 is 0 Å². The second-order valence-corrected chi connectivity index (χ2v) is 18.9. The number of hydrogen-bond acceptors (Lipinski definition) is 13. The van der Waals surface area contributed by atoms with Crippen molar-refractivity contribution in [3.63, 3.8) is 0 Å². The molecule has 6 aliphatic rings. The van der Waals surface area contributed by atoms with Crippen LogP contribution in [0, 0.1) is 23.7 Å². The van der Waals surface area contributed by atoms with Gasteiger partial charge in [-0.15, -0.1) is 10.2 Å². The van der Waals surface area contributed by atoms with Gasteiger partial charge in [-0.05, 0) is 35.9 Å². The molecule has 6 fully saturated rings. The third kappa shape index (κ3) is 13.2. The van der Waals surface area contributed by atoms with E-state index in [2.05, 4.69) is 26.1 Å². The molecule has 0 spiro atoms. The molecule has 0 bridgehead atoms. The molecule has 3 N–H and O–H groups in total. The Hall–Kier alpha value is -6.57. The summed E-state index contributed by atoms with van der Waals surface area (Å²) in [5.41, 5.74) is -0.414. The van der Waals surface area contributed by atoms with E-state index in [-0.39, 0.29) is 53.7 Å². The smallest absolute Gasteiger partial charge is 0.381 e. The number of halogens is 6. The Kier molecular flexibility index (Phi) is 16.4. The normalized spacial score (nSPS) is 21.9. The van der Waals surface area contributed by atoms with Gasteiger partial charge in [-0.2, -0.15) is 35.7 Å². The molecule has 4 unspecified atom stereocenters. The van der Waals surface area contributed by atoms with E-state index >= 15 is 0 Å². The zero-order valence-electron chi connectivity index (χ0n) is 40.3. The summed E-state index contributed by atoms with van der Waals surface area (Å²) in [6.45, 7) is 13.1. The number of carbonyl (C=O) groups is 5. The number of rotatable bonds is 7. The van der Waals surface area contributed by atoms with E-state index in [9.17, 15) is 50.3 Å². The van der Waals surface area contributed by atoms with Gasteiger partial charge in [-0.3, -0.25) is 19.3 Å². The van der Waals surface area contributed by atoms with Gasteiger partial charge in [0.15, 0.2) is 17.9 Å². The van der Waals surface area contributed by atoms with Crippen molar-refractivity contribution < 1.29 is 59.8 Å². The molecular formula is C48H58F6N12O7. The second-order valence-electron chi connectivity index (χ2n) is 18.9. The number of anilines is 4. The molecule has 2 aromatic carbocycles. The molecule has 2 aromatic heterocycles. The first-order valence-corrected chi connectivity index (χ1v) is 24.0. The van der Waals surface area contributed by atoms with Crippen LogP contribution in [0.1, 0.15) is 40.9 Å². The van der Waals surface area contributed by atoms with Crippen molar-refractivity contribution in [2.45, 2.75) is 32.7 Å². The van der Waals surface area contributed by atoms with Crippen LogP contribution in [0.25, 0.3) is 0 Å². The molecule has 0 aliphatic carbocycles. The Morgan fingerprint density at radius 1 is 0.630 bits per heavy atom. The van der Waals surface area contributed by atoms with Crippen LogP contribution in [0.3, 0.4) is 0 Å². The van der Waals surface area contributed by atoms with Crippen molar-refractivity contribution in [1.29, 1.82) is 0 Å². The van der Waals surface area contributed by atoms with Crippen LogP contribution in [0.2, 0.25) is 0 Å². The minimum absolute atomic E-state index is 0.157. The first-order valence-electron chi connectivity index (χ1n) is 24.0. The van der Waals surface area contributed by atoms with Gasteiger partial charge in [0.2, 0.25) is 11.8 Å². The third-order valence-electron chi connectivity index (χ3n) is 13.7. The molecule has 4 aromatic rings. The summed E-state index contributed by atoms with van der Waals surface area (Å²) in [6, 6.07) is 11.2. The molecular weight excluding hydrogens is 971 g/mol. The first kappa shape index (κ1) is 52.7. The molecule has 4 amide bonds. The van der Waals surface area contributed by atoms with Crippen LogP contribution in [-0.4, -0.2) is 169 Å². The number of aldehydes is 1. The van der Waals surface area contributed by atoms with Crippen LogP contribution < -0.4 is 25.8 Å². The number of hydrogen-bond donors (Lipinski definition) is 3. The number of aromatic nitrogens is 4. The fourth-order valence-electron chi connectivity index (χ4n) is 9.89. The van der Waals surface area contributed by atoms with Gasteiger partial charge in [-0.1, -0.05) is 6.07 Å². The third-order valence-corrected chi connectivity index (χ3v) is 13.7. The van der Waals surface area contributed by atoms with Crippen LogP contribution in [-0.2, 0) is 38.0 Å². The molecule has 19 nitrogen and oxygen atoms in total. The average molecular weight is 1030 g/mol. The predicted molar refractivity (Wildman–Crippen MR) is 254 cm³/mol. The highest BCUT2D eigenvalue weighted by molar-refractivity contribution is 5.88. The van der Waals surface area contributed by atoms with E-state index in [0.29, 0.717) is 120 Å². The molecule has 4 atom stereocenters. The maximum Gasteiger partial charge on any atom is 0.417 e. The summed E-state index contributed by atoms with van der Waals surface area (Å²) >= 11 is 0. The topological polar surface area (TPSA) is 192 Å². The van der Waals surface area contributed by atoms with E-state index < -0.39 is 23.5 Å². The summed E-state index contributed by atoms with van der Waals surface area (Å²) in [5.74, 6) is 1.75. The van der Waals surface area contributed by atoms with Gasteiger partial charge >= 0.3 is 24.4 Å². The Morgan fingerprint density at radius 2 is 1.07 bits per heavy atom. The molecule has 25 heteroatoms. The van der Waals surface area contributed by atoms with Gasteiger partial charge in [0.05, 0.1) is 37.6 Å². The fourth-order valence-corrected chi connectivity index (χ4v) is 9.89. The highest BCUT2D eigenvalue weighted by Gasteiger charge is 2.41. The molecule has 73 heavy (non-hydrogen) atoms. The average Bonchev–Trinajstić information content (AvgIpc) is 4.23. The lowest BCUT2D eigenvalue weighted by molar-refractivity contribution is -0.139. The van der Waals surface area contributed by atoms with E-state index in [0.717, 1.165) is 36.9 Å². The quantitative estimate of drug-likeness (QED) is 0.165. The molecule has 8 heterocycles. The number of piperazine rings is 2. The fraction of sp³-hybridized carbons (Fsp3) is 0.521. The zero-order chi connectivity index (χ0) is 52.0. The van der Waals surface area contributed by atoms with Crippen molar-refractivity contribution >= 4 is 53.2 Å². The zero-order valence-corrected chi connectivity index (χ0v) is 40.3. The SMILES string of the molecule is CC(=O)Nc1ccn(C(=O)N2CCN(Cc3ccc(N4CC5COCC5C4)cc3C(F)(F)F)CC2)n1.CC(=O)Nc1ccn(C(=O)N2CCNCC2)n1.O=Cc1ccc(N2CC3COCC3C2)cc1C(F)(F)F. The number of fused-ring (bicyclic) bond motifs is 2. The Morgan fingerprint density at radius 3 is 1.51 bits per heavy atom. The minimum atomic E-state index is -4.51. The van der Waals surface area contributed by atoms with Gasteiger partial charge < -0.3 is 45.0 Å². The maximum atomic E-state index is 14.0. The summed E-state index contributed by atoms with van der Waals surface area (Å²) in [4.78, 5) is 66.7. The van der Waals surface area contributed by atoms with Gasteiger partial charge in [0.1, 0.15) is 0 Å². The Balaban J connectivity index is 0.000000162. The number of carbonyl (C=O) groups excluding carboxylic acids is 5. The Bertz CT molecular complexity index is 2590.